The molecular weight excluding hydrogens is 283 g/mol. The quantitative estimate of drug-likeness (QED) is 0.881. The number of hydrogen-bond acceptors (Lipinski definition) is 2. The molecule has 0 aliphatic carbocycles. The van der Waals surface area contributed by atoms with Gasteiger partial charge >= 0.3 is 0 Å². The van der Waals surface area contributed by atoms with E-state index in [9.17, 15) is 23.1 Å². The topological polar surface area (TPSA) is 40.5 Å². The number of benzene rings is 2. The lowest BCUT2D eigenvalue weighted by Crippen LogP contribution is -2.31. The van der Waals surface area contributed by atoms with E-state index in [0.717, 1.165) is 11.0 Å². The summed E-state index contributed by atoms with van der Waals surface area (Å²) in [5.74, 6) is -5.46. The van der Waals surface area contributed by atoms with Crippen molar-refractivity contribution < 1.29 is 23.1 Å². The summed E-state index contributed by atoms with van der Waals surface area (Å²) in [5, 5.41) is 9.42. The van der Waals surface area contributed by atoms with Crippen LogP contribution in [0.5, 0.6) is 5.75 Å². The van der Waals surface area contributed by atoms with Crippen LogP contribution in [0.2, 0.25) is 0 Å². The highest BCUT2D eigenvalue weighted by molar-refractivity contribution is 6.06. The lowest BCUT2D eigenvalue weighted by atomic mass is 10.1. The number of hydrogen-bond donors (Lipinski definition) is 1. The van der Waals surface area contributed by atoms with Gasteiger partial charge in [0.15, 0.2) is 17.5 Å². The first-order valence-electron chi connectivity index (χ1n) is 6.20. The molecule has 21 heavy (non-hydrogen) atoms. The Morgan fingerprint density at radius 1 is 1.14 bits per heavy atom. The summed E-state index contributed by atoms with van der Waals surface area (Å²) < 4.78 is 39.8. The molecule has 110 valence electrons. The van der Waals surface area contributed by atoms with Crippen molar-refractivity contribution in [2.45, 2.75) is 6.92 Å². The highest BCUT2D eigenvalue weighted by atomic mass is 19.2. The fraction of sp³-hybridized carbons (Fsp3) is 0.133. The second-order valence-electron chi connectivity index (χ2n) is 4.29. The molecule has 0 unspecified atom stereocenters. The molecule has 3 nitrogen and oxygen atoms in total. The minimum Gasteiger partial charge on any atom is -0.508 e. The van der Waals surface area contributed by atoms with Crippen LogP contribution in [0.3, 0.4) is 0 Å². The minimum atomic E-state index is -1.69. The summed E-state index contributed by atoms with van der Waals surface area (Å²) in [4.78, 5) is 13.4. The lowest BCUT2D eigenvalue weighted by molar-refractivity contribution is 0.0983. The van der Waals surface area contributed by atoms with Gasteiger partial charge in [0.25, 0.3) is 5.91 Å². The van der Waals surface area contributed by atoms with Gasteiger partial charge in [0.1, 0.15) is 5.75 Å². The number of rotatable bonds is 3. The third kappa shape index (κ3) is 2.84. The first-order valence-corrected chi connectivity index (χ1v) is 6.20. The summed E-state index contributed by atoms with van der Waals surface area (Å²) in [5.41, 5.74) is -0.245. The van der Waals surface area contributed by atoms with E-state index in [1.807, 2.05) is 0 Å². The maximum atomic E-state index is 13.7. The Balaban J connectivity index is 2.44. The molecule has 0 fully saturated rings. The number of phenols is 1. The summed E-state index contributed by atoms with van der Waals surface area (Å²) >= 11 is 0. The van der Waals surface area contributed by atoms with Crippen LogP contribution in [0.15, 0.2) is 36.4 Å². The number of nitrogens with zero attached hydrogens (tertiary/aromatic N) is 1. The predicted molar refractivity (Wildman–Crippen MR) is 71.8 cm³/mol. The van der Waals surface area contributed by atoms with Gasteiger partial charge in [-0.25, -0.2) is 13.2 Å². The van der Waals surface area contributed by atoms with E-state index in [4.69, 9.17) is 0 Å². The number of halogens is 3. The van der Waals surface area contributed by atoms with Gasteiger partial charge in [-0.15, -0.1) is 0 Å². The number of carbonyl (C=O) groups excluding carboxylic acids is 1. The minimum absolute atomic E-state index is 0.0653. The zero-order valence-corrected chi connectivity index (χ0v) is 11.1. The molecule has 0 aromatic heterocycles. The number of carbonyl (C=O) groups is 1. The van der Waals surface area contributed by atoms with E-state index in [-0.39, 0.29) is 12.3 Å². The zero-order valence-electron chi connectivity index (χ0n) is 11.1. The number of phenolic OH excluding ortho intramolecular Hbond substituents is 1. The average molecular weight is 295 g/mol. The Morgan fingerprint density at radius 2 is 1.86 bits per heavy atom. The highest BCUT2D eigenvalue weighted by Gasteiger charge is 2.23. The third-order valence-corrected chi connectivity index (χ3v) is 2.97. The maximum absolute atomic E-state index is 13.7. The smallest absolute Gasteiger partial charge is 0.261 e. The fourth-order valence-corrected chi connectivity index (χ4v) is 1.94. The van der Waals surface area contributed by atoms with E-state index in [1.165, 1.54) is 18.2 Å². The Morgan fingerprint density at radius 3 is 2.48 bits per heavy atom. The van der Waals surface area contributed by atoms with E-state index in [2.05, 4.69) is 0 Å². The molecule has 0 aliphatic rings. The molecule has 0 heterocycles. The SMILES string of the molecule is CCN(C(=O)c1ccc(F)c(F)c1F)c1cccc(O)c1. The molecule has 0 saturated carbocycles. The second-order valence-corrected chi connectivity index (χ2v) is 4.29. The van der Waals surface area contributed by atoms with Gasteiger partial charge in [0.2, 0.25) is 0 Å². The van der Waals surface area contributed by atoms with Gasteiger partial charge < -0.3 is 10.0 Å². The van der Waals surface area contributed by atoms with E-state index in [1.54, 1.807) is 13.0 Å². The molecule has 1 N–H and O–H groups in total. The molecule has 2 aromatic carbocycles. The number of aromatic hydroxyl groups is 1. The largest absolute Gasteiger partial charge is 0.508 e. The highest BCUT2D eigenvalue weighted by Crippen LogP contribution is 2.23. The van der Waals surface area contributed by atoms with Crippen molar-refractivity contribution in [3.8, 4) is 5.75 Å². The zero-order chi connectivity index (χ0) is 15.6. The molecule has 0 atom stereocenters. The fourth-order valence-electron chi connectivity index (χ4n) is 1.94. The van der Waals surface area contributed by atoms with Crippen LogP contribution >= 0.6 is 0 Å². The third-order valence-electron chi connectivity index (χ3n) is 2.97. The molecule has 1 amide bonds. The van der Waals surface area contributed by atoms with E-state index < -0.39 is 28.9 Å². The molecule has 2 rings (SSSR count). The van der Waals surface area contributed by atoms with Crippen LogP contribution in [-0.4, -0.2) is 17.6 Å². The van der Waals surface area contributed by atoms with Gasteiger partial charge in [-0.2, -0.15) is 0 Å². The lowest BCUT2D eigenvalue weighted by Gasteiger charge is -2.21. The van der Waals surface area contributed by atoms with Gasteiger partial charge in [-0.3, -0.25) is 4.79 Å². The van der Waals surface area contributed by atoms with Crippen molar-refractivity contribution in [2.75, 3.05) is 11.4 Å². The van der Waals surface area contributed by atoms with Crippen molar-refractivity contribution >= 4 is 11.6 Å². The average Bonchev–Trinajstić information content (AvgIpc) is 2.45. The maximum Gasteiger partial charge on any atom is 0.261 e. The van der Waals surface area contributed by atoms with Crippen LogP contribution in [0, 0.1) is 17.5 Å². The summed E-state index contributed by atoms with van der Waals surface area (Å²) in [6.45, 7) is 1.81. The van der Waals surface area contributed by atoms with Gasteiger partial charge in [0, 0.05) is 18.3 Å². The van der Waals surface area contributed by atoms with E-state index in [0.29, 0.717) is 11.8 Å². The monoisotopic (exact) mass is 295 g/mol. The van der Waals surface area contributed by atoms with Gasteiger partial charge in [-0.1, -0.05) is 6.07 Å². The molecular formula is C15H12F3NO2. The predicted octanol–water partition coefficient (Wildman–Crippen LogP) is 3.48. The normalized spacial score (nSPS) is 10.5. The second kappa shape index (κ2) is 5.87. The molecule has 0 radical (unpaired) electrons. The van der Waals surface area contributed by atoms with Crippen LogP contribution in [0.1, 0.15) is 17.3 Å². The molecule has 0 spiro atoms. The van der Waals surface area contributed by atoms with E-state index >= 15 is 0 Å². The molecule has 2 aromatic rings. The first-order chi connectivity index (χ1) is 9.95. The van der Waals surface area contributed by atoms with Crippen LogP contribution in [-0.2, 0) is 0 Å². The van der Waals surface area contributed by atoms with Crippen LogP contribution < -0.4 is 4.90 Å². The van der Waals surface area contributed by atoms with Crippen molar-refractivity contribution in [3.63, 3.8) is 0 Å². The summed E-state index contributed by atoms with van der Waals surface area (Å²) in [6, 6.07) is 7.38. The van der Waals surface area contributed by atoms with Crippen LogP contribution in [0.25, 0.3) is 0 Å². The molecule has 0 aliphatic heterocycles. The number of amides is 1. The molecule has 6 heteroatoms. The van der Waals surface area contributed by atoms with Crippen LogP contribution in [0.4, 0.5) is 18.9 Å². The van der Waals surface area contributed by atoms with Gasteiger partial charge in [0.05, 0.1) is 5.56 Å². The Hall–Kier alpha value is -2.50. The molecule has 0 bridgehead atoms. The van der Waals surface area contributed by atoms with Crippen molar-refractivity contribution in [3.05, 3.63) is 59.4 Å². The molecule has 0 saturated heterocycles. The van der Waals surface area contributed by atoms with Crippen molar-refractivity contribution in [2.24, 2.45) is 0 Å². The Kier molecular flexibility index (Phi) is 4.16. The van der Waals surface area contributed by atoms with Crippen molar-refractivity contribution in [1.82, 2.24) is 0 Å². The first kappa shape index (κ1) is 14.9. The summed E-state index contributed by atoms with van der Waals surface area (Å²) in [6.07, 6.45) is 0. The Bertz CT molecular complexity index is 689. The van der Waals surface area contributed by atoms with Crippen molar-refractivity contribution in [1.29, 1.82) is 0 Å². The number of anilines is 1. The summed E-state index contributed by atoms with van der Waals surface area (Å²) in [7, 11) is 0. The standard InChI is InChI=1S/C15H12F3NO2/c1-2-19(9-4-3-5-10(20)8-9)15(21)11-6-7-12(16)14(18)13(11)17/h3-8,20H,2H2,1H3. The Labute approximate surface area is 119 Å². The van der Waals surface area contributed by atoms with Gasteiger partial charge in [-0.05, 0) is 31.2 Å².